The van der Waals surface area contributed by atoms with Gasteiger partial charge < -0.3 is 16.2 Å². The van der Waals surface area contributed by atoms with Gasteiger partial charge in [-0.2, -0.15) is 0 Å². The van der Waals surface area contributed by atoms with Gasteiger partial charge in [0.15, 0.2) is 0 Å². The third-order valence-electron chi connectivity index (χ3n) is 2.13. The zero-order valence-corrected chi connectivity index (χ0v) is 8.92. The van der Waals surface area contributed by atoms with Gasteiger partial charge in [-0.1, -0.05) is 6.07 Å². The van der Waals surface area contributed by atoms with Crippen molar-refractivity contribution < 1.29 is 4.74 Å². The van der Waals surface area contributed by atoms with Crippen LogP contribution in [-0.2, 0) is 5.88 Å². The molecule has 3 nitrogen and oxygen atoms in total. The molecule has 0 aliphatic rings. The van der Waals surface area contributed by atoms with E-state index >= 15 is 0 Å². The molecular formula is C10H15ClN2O. The van der Waals surface area contributed by atoms with Crippen LogP contribution >= 0.6 is 11.6 Å². The van der Waals surface area contributed by atoms with Crippen LogP contribution < -0.4 is 16.2 Å². The zero-order valence-electron chi connectivity index (χ0n) is 8.16. The monoisotopic (exact) mass is 214 g/mol. The highest BCUT2D eigenvalue weighted by Crippen LogP contribution is 2.23. The van der Waals surface area contributed by atoms with Crippen molar-refractivity contribution in [3.8, 4) is 5.75 Å². The van der Waals surface area contributed by atoms with Gasteiger partial charge in [-0.3, -0.25) is 0 Å². The Balaban J connectivity index is 3.01. The molecule has 0 aliphatic heterocycles. The number of hydrogen-bond acceptors (Lipinski definition) is 3. The van der Waals surface area contributed by atoms with E-state index in [-0.39, 0.29) is 6.04 Å². The molecule has 14 heavy (non-hydrogen) atoms. The van der Waals surface area contributed by atoms with Crippen molar-refractivity contribution in [2.24, 2.45) is 11.5 Å². The maximum atomic E-state index is 5.80. The summed E-state index contributed by atoms with van der Waals surface area (Å²) in [5.74, 6) is 1.20. The molecule has 0 spiro atoms. The van der Waals surface area contributed by atoms with E-state index < -0.39 is 0 Å². The highest BCUT2D eigenvalue weighted by molar-refractivity contribution is 6.17. The van der Waals surface area contributed by atoms with Gasteiger partial charge in [0.05, 0.1) is 13.0 Å². The van der Waals surface area contributed by atoms with E-state index in [1.807, 2.05) is 18.2 Å². The van der Waals surface area contributed by atoms with Crippen molar-refractivity contribution in [2.45, 2.75) is 11.9 Å². The van der Waals surface area contributed by atoms with Gasteiger partial charge in [0.2, 0.25) is 0 Å². The van der Waals surface area contributed by atoms with E-state index in [2.05, 4.69) is 0 Å². The Morgan fingerprint density at radius 3 is 2.71 bits per heavy atom. The maximum absolute atomic E-state index is 5.80. The molecule has 0 unspecified atom stereocenters. The van der Waals surface area contributed by atoms with E-state index in [4.69, 9.17) is 27.8 Å². The number of ether oxygens (including phenoxy) is 1. The summed E-state index contributed by atoms with van der Waals surface area (Å²) in [5, 5.41) is 0. The van der Waals surface area contributed by atoms with Gasteiger partial charge in [-0.15, -0.1) is 11.6 Å². The Labute approximate surface area is 89.0 Å². The SMILES string of the molecule is COc1ccc([C@@H](N)CN)cc1CCl. The summed E-state index contributed by atoms with van der Waals surface area (Å²) >= 11 is 5.78. The lowest BCUT2D eigenvalue weighted by Crippen LogP contribution is -2.20. The first-order chi connectivity index (χ1) is 6.72. The smallest absolute Gasteiger partial charge is 0.123 e. The van der Waals surface area contributed by atoms with Crippen LogP contribution in [0.2, 0.25) is 0 Å². The number of halogens is 1. The number of alkyl halides is 1. The average molecular weight is 215 g/mol. The standard InChI is InChI=1S/C10H15ClN2O/c1-14-10-3-2-7(9(13)6-12)4-8(10)5-11/h2-4,9H,5-6,12-13H2,1H3/t9-/m0/s1. The van der Waals surface area contributed by atoms with Crippen molar-refractivity contribution in [3.63, 3.8) is 0 Å². The fraction of sp³-hybridized carbons (Fsp3) is 0.400. The van der Waals surface area contributed by atoms with Crippen molar-refractivity contribution >= 4 is 11.6 Å². The first kappa shape index (κ1) is 11.3. The molecule has 0 amide bonds. The topological polar surface area (TPSA) is 61.3 Å². The lowest BCUT2D eigenvalue weighted by Gasteiger charge is -2.12. The lowest BCUT2D eigenvalue weighted by atomic mass is 10.0. The van der Waals surface area contributed by atoms with Gasteiger partial charge in [-0.25, -0.2) is 0 Å². The van der Waals surface area contributed by atoms with Crippen LogP contribution in [0.4, 0.5) is 0 Å². The highest BCUT2D eigenvalue weighted by Gasteiger charge is 2.07. The number of benzene rings is 1. The molecule has 0 heterocycles. The Kier molecular flexibility index (Phi) is 4.20. The van der Waals surface area contributed by atoms with Crippen LogP contribution in [-0.4, -0.2) is 13.7 Å². The van der Waals surface area contributed by atoms with Gasteiger partial charge in [0.1, 0.15) is 5.75 Å². The summed E-state index contributed by atoms with van der Waals surface area (Å²) in [7, 11) is 1.62. The second-order valence-corrected chi connectivity index (χ2v) is 3.31. The minimum Gasteiger partial charge on any atom is -0.496 e. The predicted octanol–water partition coefficient (Wildman–Crippen LogP) is 1.39. The van der Waals surface area contributed by atoms with Crippen LogP contribution in [0.3, 0.4) is 0 Å². The van der Waals surface area contributed by atoms with E-state index in [0.29, 0.717) is 12.4 Å². The average Bonchev–Trinajstić information content (AvgIpc) is 2.26. The van der Waals surface area contributed by atoms with Gasteiger partial charge in [-0.05, 0) is 17.7 Å². The Bertz CT molecular complexity index is 304. The summed E-state index contributed by atoms with van der Waals surface area (Å²) in [6.07, 6.45) is 0. The molecule has 1 atom stereocenters. The fourth-order valence-corrected chi connectivity index (χ4v) is 1.48. The van der Waals surface area contributed by atoms with E-state index in [9.17, 15) is 0 Å². The minimum atomic E-state index is -0.136. The largest absolute Gasteiger partial charge is 0.496 e. The zero-order chi connectivity index (χ0) is 10.6. The summed E-state index contributed by atoms with van der Waals surface area (Å²) in [6, 6.07) is 5.57. The first-order valence-electron chi connectivity index (χ1n) is 4.41. The maximum Gasteiger partial charge on any atom is 0.123 e. The third kappa shape index (κ3) is 2.38. The van der Waals surface area contributed by atoms with Crippen LogP contribution in [0.5, 0.6) is 5.75 Å². The van der Waals surface area contributed by atoms with Crippen molar-refractivity contribution in [2.75, 3.05) is 13.7 Å². The van der Waals surface area contributed by atoms with Gasteiger partial charge >= 0.3 is 0 Å². The molecule has 1 aromatic carbocycles. The van der Waals surface area contributed by atoms with Crippen LogP contribution in [0, 0.1) is 0 Å². The van der Waals surface area contributed by atoms with Crippen LogP contribution in [0.25, 0.3) is 0 Å². The minimum absolute atomic E-state index is 0.136. The van der Waals surface area contributed by atoms with Crippen LogP contribution in [0.15, 0.2) is 18.2 Å². The molecule has 0 saturated carbocycles. The summed E-state index contributed by atoms with van der Waals surface area (Å²) in [6.45, 7) is 0.425. The Morgan fingerprint density at radius 1 is 1.50 bits per heavy atom. The van der Waals surface area contributed by atoms with Crippen LogP contribution in [0.1, 0.15) is 17.2 Å². The molecule has 1 rings (SSSR count). The summed E-state index contributed by atoms with van der Waals surface area (Å²) < 4.78 is 5.15. The lowest BCUT2D eigenvalue weighted by molar-refractivity contribution is 0.411. The normalized spacial score (nSPS) is 12.6. The number of rotatable bonds is 4. The molecule has 78 valence electrons. The molecule has 1 aromatic rings. The molecule has 0 fully saturated rings. The van der Waals surface area contributed by atoms with Crippen molar-refractivity contribution in [1.82, 2.24) is 0 Å². The Hall–Kier alpha value is -0.770. The number of nitrogens with two attached hydrogens (primary N) is 2. The molecular weight excluding hydrogens is 200 g/mol. The third-order valence-corrected chi connectivity index (χ3v) is 2.42. The second-order valence-electron chi connectivity index (χ2n) is 3.05. The van der Waals surface area contributed by atoms with E-state index in [1.165, 1.54) is 0 Å². The second kappa shape index (κ2) is 5.20. The first-order valence-corrected chi connectivity index (χ1v) is 4.94. The Morgan fingerprint density at radius 2 is 2.21 bits per heavy atom. The summed E-state index contributed by atoms with van der Waals surface area (Å²) in [5.41, 5.74) is 13.2. The number of hydrogen-bond donors (Lipinski definition) is 2. The highest BCUT2D eigenvalue weighted by atomic mass is 35.5. The molecule has 0 saturated heterocycles. The fourth-order valence-electron chi connectivity index (χ4n) is 1.27. The van der Waals surface area contributed by atoms with Gasteiger partial charge in [0.25, 0.3) is 0 Å². The van der Waals surface area contributed by atoms with Crippen molar-refractivity contribution in [1.29, 1.82) is 0 Å². The molecule has 0 aliphatic carbocycles. The quantitative estimate of drug-likeness (QED) is 0.745. The van der Waals surface area contributed by atoms with E-state index in [1.54, 1.807) is 7.11 Å². The molecule has 0 bridgehead atoms. The van der Waals surface area contributed by atoms with Gasteiger partial charge in [0, 0.05) is 18.2 Å². The summed E-state index contributed by atoms with van der Waals surface area (Å²) in [4.78, 5) is 0. The molecule has 0 radical (unpaired) electrons. The van der Waals surface area contributed by atoms with E-state index in [0.717, 1.165) is 16.9 Å². The molecule has 0 aromatic heterocycles. The predicted molar refractivity (Wildman–Crippen MR) is 58.5 cm³/mol. The molecule has 4 heteroatoms. The number of methoxy groups -OCH3 is 1. The van der Waals surface area contributed by atoms with Crippen molar-refractivity contribution in [3.05, 3.63) is 29.3 Å². The molecule has 4 N–H and O–H groups in total.